The third-order valence-electron chi connectivity index (χ3n) is 3.10. The summed E-state index contributed by atoms with van der Waals surface area (Å²) in [5.41, 5.74) is -0.0500. The van der Waals surface area contributed by atoms with E-state index in [0.717, 1.165) is 37.7 Å². The van der Waals surface area contributed by atoms with E-state index in [2.05, 4.69) is 42.9 Å². The van der Waals surface area contributed by atoms with Gasteiger partial charge in [0.1, 0.15) is 0 Å². The zero-order valence-corrected chi connectivity index (χ0v) is 13.2. The summed E-state index contributed by atoms with van der Waals surface area (Å²) in [5, 5.41) is 4.38. The number of hydrogen-bond donors (Lipinski definition) is 1. The highest BCUT2D eigenvalue weighted by molar-refractivity contribution is 7.15. The lowest BCUT2D eigenvalue weighted by Crippen LogP contribution is -2.51. The van der Waals surface area contributed by atoms with Gasteiger partial charge in [-0.15, -0.1) is 11.3 Å². The molecule has 1 saturated heterocycles. The number of nitrogens with zero attached hydrogens (tertiary/aromatic N) is 2. The quantitative estimate of drug-likeness (QED) is 0.901. The van der Waals surface area contributed by atoms with Crippen molar-refractivity contribution < 1.29 is 4.74 Å². The van der Waals surface area contributed by atoms with Gasteiger partial charge in [-0.05, 0) is 27.2 Å². The van der Waals surface area contributed by atoms with Crippen LogP contribution in [0.25, 0.3) is 0 Å². The van der Waals surface area contributed by atoms with Crippen molar-refractivity contribution in [2.45, 2.75) is 52.4 Å². The Hall–Kier alpha value is -0.650. The van der Waals surface area contributed by atoms with Gasteiger partial charge in [-0.25, -0.2) is 4.98 Å². The fourth-order valence-electron chi connectivity index (χ4n) is 2.62. The second-order valence-corrected chi connectivity index (χ2v) is 7.03. The van der Waals surface area contributed by atoms with Crippen LogP contribution in [0, 0.1) is 0 Å². The molecule has 2 heterocycles. The molecule has 0 radical (unpaired) electrons. The van der Waals surface area contributed by atoms with E-state index < -0.39 is 0 Å². The summed E-state index contributed by atoms with van der Waals surface area (Å²) in [7, 11) is 0. The Kier molecular flexibility index (Phi) is 4.81. The molecule has 19 heavy (non-hydrogen) atoms. The first kappa shape index (κ1) is 14.8. The number of thiazole rings is 1. The van der Waals surface area contributed by atoms with Crippen LogP contribution >= 0.6 is 11.3 Å². The molecule has 108 valence electrons. The maximum absolute atomic E-state index is 5.93. The van der Waals surface area contributed by atoms with Crippen molar-refractivity contribution in [1.82, 2.24) is 9.88 Å². The Morgan fingerprint density at radius 1 is 1.58 bits per heavy atom. The summed E-state index contributed by atoms with van der Waals surface area (Å²) in [6.07, 6.45) is 3.43. The maximum atomic E-state index is 5.93. The highest BCUT2D eigenvalue weighted by atomic mass is 32.1. The van der Waals surface area contributed by atoms with Crippen molar-refractivity contribution in [2.24, 2.45) is 0 Å². The molecule has 1 aliphatic rings. The molecule has 1 aromatic heterocycles. The third kappa shape index (κ3) is 4.44. The summed E-state index contributed by atoms with van der Waals surface area (Å²) in [6.45, 7) is 12.6. The lowest BCUT2D eigenvalue weighted by Gasteiger charge is -2.41. The van der Waals surface area contributed by atoms with Crippen LogP contribution in [-0.2, 0) is 11.3 Å². The van der Waals surface area contributed by atoms with E-state index in [1.807, 2.05) is 6.20 Å². The van der Waals surface area contributed by atoms with Gasteiger partial charge in [-0.3, -0.25) is 4.90 Å². The van der Waals surface area contributed by atoms with Crippen LogP contribution in [0.2, 0.25) is 0 Å². The van der Waals surface area contributed by atoms with Gasteiger partial charge in [0.2, 0.25) is 0 Å². The van der Waals surface area contributed by atoms with Gasteiger partial charge in [0.25, 0.3) is 0 Å². The van der Waals surface area contributed by atoms with Gasteiger partial charge in [0.15, 0.2) is 5.13 Å². The first-order chi connectivity index (χ1) is 8.98. The normalized spacial score (nSPS) is 23.5. The first-order valence-electron chi connectivity index (χ1n) is 7.07. The highest BCUT2D eigenvalue weighted by Gasteiger charge is 2.31. The standard InChI is InChI=1S/C14H25N3OS/c1-5-6-15-13-16-7-12(19-13)9-17-8-11(2)18-14(3,4)10-17/h7,11H,5-6,8-10H2,1-4H3,(H,15,16). The second kappa shape index (κ2) is 6.20. The van der Waals surface area contributed by atoms with Crippen LogP contribution in [0.1, 0.15) is 39.0 Å². The van der Waals surface area contributed by atoms with E-state index >= 15 is 0 Å². The van der Waals surface area contributed by atoms with Gasteiger partial charge in [-0.2, -0.15) is 0 Å². The van der Waals surface area contributed by atoms with Crippen LogP contribution in [0.15, 0.2) is 6.20 Å². The highest BCUT2D eigenvalue weighted by Crippen LogP contribution is 2.25. The Morgan fingerprint density at radius 2 is 2.37 bits per heavy atom. The predicted octanol–water partition coefficient (Wildman–Crippen LogP) is 2.96. The van der Waals surface area contributed by atoms with Gasteiger partial charge in [0.05, 0.1) is 11.7 Å². The maximum Gasteiger partial charge on any atom is 0.182 e. The minimum absolute atomic E-state index is 0.0500. The zero-order valence-electron chi connectivity index (χ0n) is 12.4. The first-order valence-corrected chi connectivity index (χ1v) is 7.89. The molecule has 0 saturated carbocycles. The van der Waals surface area contributed by atoms with Gasteiger partial charge in [-0.1, -0.05) is 6.92 Å². The smallest absolute Gasteiger partial charge is 0.182 e. The molecule has 1 atom stereocenters. The van der Waals surface area contributed by atoms with Crippen molar-refractivity contribution >= 4 is 16.5 Å². The van der Waals surface area contributed by atoms with Crippen LogP contribution in [-0.4, -0.2) is 41.2 Å². The Balaban J connectivity index is 1.91. The monoisotopic (exact) mass is 283 g/mol. The number of aromatic nitrogens is 1. The lowest BCUT2D eigenvalue weighted by atomic mass is 10.1. The summed E-state index contributed by atoms with van der Waals surface area (Å²) in [5.74, 6) is 0. The van der Waals surface area contributed by atoms with Crippen molar-refractivity contribution in [1.29, 1.82) is 0 Å². The lowest BCUT2D eigenvalue weighted by molar-refractivity contribution is -0.130. The fraction of sp³-hybridized carbons (Fsp3) is 0.786. The molecule has 0 aliphatic carbocycles. The van der Waals surface area contributed by atoms with Crippen molar-refractivity contribution in [2.75, 3.05) is 25.0 Å². The molecular weight excluding hydrogens is 258 g/mol. The minimum Gasteiger partial charge on any atom is -0.370 e. The summed E-state index contributed by atoms with van der Waals surface area (Å²) in [4.78, 5) is 8.21. The van der Waals surface area contributed by atoms with Gasteiger partial charge in [0, 0.05) is 37.3 Å². The number of hydrogen-bond acceptors (Lipinski definition) is 5. The minimum atomic E-state index is -0.0500. The van der Waals surface area contributed by atoms with E-state index in [0.29, 0.717) is 6.10 Å². The zero-order chi connectivity index (χ0) is 13.9. The summed E-state index contributed by atoms with van der Waals surface area (Å²) in [6, 6.07) is 0. The van der Waals surface area contributed by atoms with Crippen molar-refractivity contribution in [3.63, 3.8) is 0 Å². The SMILES string of the molecule is CCCNc1ncc(CN2CC(C)OC(C)(C)C2)s1. The van der Waals surface area contributed by atoms with Crippen LogP contribution in [0.5, 0.6) is 0 Å². The number of ether oxygens (including phenoxy) is 1. The van der Waals surface area contributed by atoms with Crippen LogP contribution in [0.3, 0.4) is 0 Å². The van der Waals surface area contributed by atoms with Gasteiger partial charge < -0.3 is 10.1 Å². The Morgan fingerprint density at radius 3 is 3.05 bits per heavy atom. The molecule has 1 aromatic rings. The van der Waals surface area contributed by atoms with Crippen LogP contribution in [0.4, 0.5) is 5.13 Å². The molecule has 1 N–H and O–H groups in total. The largest absolute Gasteiger partial charge is 0.370 e. The molecule has 0 spiro atoms. The predicted molar refractivity (Wildman–Crippen MR) is 80.8 cm³/mol. The fourth-order valence-corrected chi connectivity index (χ4v) is 3.50. The molecule has 1 fully saturated rings. The molecule has 0 aromatic carbocycles. The molecule has 1 aliphatic heterocycles. The average molecular weight is 283 g/mol. The van der Waals surface area contributed by atoms with E-state index in [1.54, 1.807) is 11.3 Å². The molecule has 2 rings (SSSR count). The topological polar surface area (TPSA) is 37.4 Å². The Labute approximate surface area is 120 Å². The second-order valence-electron chi connectivity index (χ2n) is 5.92. The summed E-state index contributed by atoms with van der Waals surface area (Å²) < 4.78 is 5.93. The van der Waals surface area contributed by atoms with Gasteiger partial charge >= 0.3 is 0 Å². The summed E-state index contributed by atoms with van der Waals surface area (Å²) >= 11 is 1.76. The number of anilines is 1. The third-order valence-corrected chi connectivity index (χ3v) is 4.04. The van der Waals surface area contributed by atoms with E-state index in [4.69, 9.17) is 4.74 Å². The van der Waals surface area contributed by atoms with Crippen molar-refractivity contribution in [3.8, 4) is 0 Å². The molecule has 5 heteroatoms. The van der Waals surface area contributed by atoms with E-state index in [-0.39, 0.29) is 5.60 Å². The number of morpholine rings is 1. The van der Waals surface area contributed by atoms with Crippen molar-refractivity contribution in [3.05, 3.63) is 11.1 Å². The number of rotatable bonds is 5. The number of nitrogens with one attached hydrogen (secondary N) is 1. The molecule has 4 nitrogen and oxygen atoms in total. The average Bonchev–Trinajstić information content (AvgIpc) is 2.71. The van der Waals surface area contributed by atoms with E-state index in [1.165, 1.54) is 4.88 Å². The molecule has 0 bridgehead atoms. The molecule has 1 unspecified atom stereocenters. The van der Waals surface area contributed by atoms with E-state index in [9.17, 15) is 0 Å². The van der Waals surface area contributed by atoms with Crippen LogP contribution < -0.4 is 5.32 Å². The Bertz CT molecular complexity index is 405. The molecule has 0 amide bonds. The molecular formula is C14H25N3OS.